The summed E-state index contributed by atoms with van der Waals surface area (Å²) in [5.41, 5.74) is 6.84. The molecule has 1 aromatic heterocycles. The van der Waals surface area contributed by atoms with Crippen LogP contribution in [-0.2, 0) is 4.74 Å². The molecule has 0 bridgehead atoms. The molecule has 2 aromatic rings. The van der Waals surface area contributed by atoms with Crippen LogP contribution in [0.5, 0.6) is 6.01 Å². The Morgan fingerprint density at radius 3 is 2.85 bits per heavy atom. The van der Waals surface area contributed by atoms with Gasteiger partial charge in [0.05, 0.1) is 5.69 Å². The molecule has 0 aliphatic heterocycles. The number of ether oxygens (including phenoxy) is 2. The average molecular weight is 274 g/mol. The number of para-hydroxylation sites is 1. The maximum atomic E-state index is 5.90. The monoisotopic (exact) mass is 274 g/mol. The lowest BCUT2D eigenvalue weighted by Gasteiger charge is -2.40. The van der Waals surface area contributed by atoms with Gasteiger partial charge >= 0.3 is 6.01 Å². The lowest BCUT2D eigenvalue weighted by Crippen LogP contribution is -2.59. The predicted octanol–water partition coefficient (Wildman–Crippen LogP) is 1.15. The maximum Gasteiger partial charge on any atom is 0.336 e. The molecule has 20 heavy (non-hydrogen) atoms. The number of benzene rings is 1. The number of hydrogen-bond acceptors (Lipinski definition) is 5. The van der Waals surface area contributed by atoms with Crippen LogP contribution < -0.4 is 10.5 Å². The van der Waals surface area contributed by atoms with E-state index in [4.69, 9.17) is 15.2 Å². The zero-order valence-electron chi connectivity index (χ0n) is 11.3. The van der Waals surface area contributed by atoms with E-state index in [2.05, 4.69) is 10.1 Å². The summed E-state index contributed by atoms with van der Waals surface area (Å²) < 4.78 is 13.0. The molecule has 0 saturated heterocycles. The molecule has 6 heteroatoms. The largest absolute Gasteiger partial charge is 0.456 e. The fraction of sp³-hybridized carbons (Fsp3) is 0.429. The molecule has 1 aliphatic rings. The van der Waals surface area contributed by atoms with Gasteiger partial charge in [-0.2, -0.15) is 4.98 Å². The van der Waals surface area contributed by atoms with Crippen molar-refractivity contribution >= 4 is 0 Å². The van der Waals surface area contributed by atoms with Crippen molar-refractivity contribution in [3.63, 3.8) is 0 Å². The minimum absolute atomic E-state index is 0.0381. The van der Waals surface area contributed by atoms with Crippen LogP contribution in [0.25, 0.3) is 5.69 Å². The molecule has 1 saturated carbocycles. The standard InChI is InChI=1S/C14H18N4O2/c1-2-19-13-11(15)8-12(13)20-14-16-9-18(17-14)10-6-4-3-5-7-10/h3-7,9,11-13H,2,8,15H2,1H3. The third-order valence-corrected chi connectivity index (χ3v) is 3.40. The van der Waals surface area contributed by atoms with Gasteiger partial charge in [0.25, 0.3) is 0 Å². The van der Waals surface area contributed by atoms with Crippen LogP contribution in [0.3, 0.4) is 0 Å². The van der Waals surface area contributed by atoms with Gasteiger partial charge < -0.3 is 15.2 Å². The van der Waals surface area contributed by atoms with Gasteiger partial charge in [-0.1, -0.05) is 18.2 Å². The molecule has 0 radical (unpaired) electrons. The molecule has 1 aromatic carbocycles. The van der Waals surface area contributed by atoms with Crippen LogP contribution in [0, 0.1) is 0 Å². The smallest absolute Gasteiger partial charge is 0.336 e. The van der Waals surface area contributed by atoms with E-state index in [1.165, 1.54) is 0 Å². The molecule has 1 heterocycles. The molecule has 106 valence electrons. The first kappa shape index (κ1) is 13.1. The van der Waals surface area contributed by atoms with Crippen molar-refractivity contribution in [2.75, 3.05) is 6.61 Å². The number of aromatic nitrogens is 3. The lowest BCUT2D eigenvalue weighted by atomic mass is 9.86. The first-order valence-corrected chi connectivity index (χ1v) is 6.79. The van der Waals surface area contributed by atoms with E-state index < -0.39 is 0 Å². The van der Waals surface area contributed by atoms with Crippen molar-refractivity contribution in [3.05, 3.63) is 36.7 Å². The minimum atomic E-state index is -0.0660. The summed E-state index contributed by atoms with van der Waals surface area (Å²) in [6.07, 6.45) is 2.28. The second-order valence-electron chi connectivity index (χ2n) is 4.78. The molecule has 0 spiro atoms. The molecule has 1 aliphatic carbocycles. The fourth-order valence-corrected chi connectivity index (χ4v) is 2.30. The first-order chi connectivity index (χ1) is 9.78. The number of hydrogen-bond donors (Lipinski definition) is 1. The van der Waals surface area contributed by atoms with Crippen LogP contribution in [0.15, 0.2) is 36.7 Å². The molecule has 3 unspecified atom stereocenters. The highest BCUT2D eigenvalue weighted by molar-refractivity contribution is 5.29. The van der Waals surface area contributed by atoms with Crippen LogP contribution in [0.1, 0.15) is 13.3 Å². The zero-order valence-corrected chi connectivity index (χ0v) is 11.3. The molecule has 3 atom stereocenters. The lowest BCUT2D eigenvalue weighted by molar-refractivity contribution is -0.0972. The summed E-state index contributed by atoms with van der Waals surface area (Å²) in [5, 5.41) is 4.31. The van der Waals surface area contributed by atoms with E-state index in [9.17, 15) is 0 Å². The fourth-order valence-electron chi connectivity index (χ4n) is 2.30. The molecule has 2 N–H and O–H groups in total. The van der Waals surface area contributed by atoms with E-state index >= 15 is 0 Å². The number of nitrogens with zero attached hydrogens (tertiary/aromatic N) is 3. The summed E-state index contributed by atoms with van der Waals surface area (Å²) in [6.45, 7) is 2.58. The molecule has 0 amide bonds. The summed E-state index contributed by atoms with van der Waals surface area (Å²) in [7, 11) is 0. The van der Waals surface area contributed by atoms with E-state index in [1.807, 2.05) is 37.3 Å². The van der Waals surface area contributed by atoms with Crippen molar-refractivity contribution in [2.24, 2.45) is 5.73 Å². The predicted molar refractivity (Wildman–Crippen MR) is 73.8 cm³/mol. The average Bonchev–Trinajstić information content (AvgIpc) is 2.94. The number of nitrogens with two attached hydrogens (primary N) is 1. The van der Waals surface area contributed by atoms with Gasteiger partial charge in [-0.25, -0.2) is 4.68 Å². The Hall–Kier alpha value is -1.92. The highest BCUT2D eigenvalue weighted by atomic mass is 16.6. The molecular weight excluding hydrogens is 256 g/mol. The van der Waals surface area contributed by atoms with Crippen molar-refractivity contribution in [1.29, 1.82) is 0 Å². The van der Waals surface area contributed by atoms with Crippen molar-refractivity contribution < 1.29 is 9.47 Å². The van der Waals surface area contributed by atoms with Crippen molar-refractivity contribution in [3.8, 4) is 11.7 Å². The van der Waals surface area contributed by atoms with Crippen LogP contribution >= 0.6 is 0 Å². The van der Waals surface area contributed by atoms with Gasteiger partial charge in [-0.3, -0.25) is 0 Å². The van der Waals surface area contributed by atoms with Crippen LogP contribution in [0.2, 0.25) is 0 Å². The summed E-state index contributed by atoms with van der Waals surface area (Å²) in [4.78, 5) is 4.17. The molecule has 3 rings (SSSR count). The van der Waals surface area contributed by atoms with Crippen LogP contribution in [-0.4, -0.2) is 39.6 Å². The Kier molecular flexibility index (Phi) is 3.66. The second-order valence-corrected chi connectivity index (χ2v) is 4.78. The Labute approximate surface area is 117 Å². The van der Waals surface area contributed by atoms with E-state index in [0.29, 0.717) is 12.6 Å². The molecule has 1 fully saturated rings. The van der Waals surface area contributed by atoms with Crippen molar-refractivity contribution in [1.82, 2.24) is 14.8 Å². The maximum absolute atomic E-state index is 5.90. The minimum Gasteiger partial charge on any atom is -0.456 e. The van der Waals surface area contributed by atoms with Gasteiger partial charge in [-0.05, 0) is 19.1 Å². The Morgan fingerprint density at radius 2 is 2.15 bits per heavy atom. The van der Waals surface area contributed by atoms with E-state index in [1.54, 1.807) is 11.0 Å². The normalized spacial score (nSPS) is 25.2. The quantitative estimate of drug-likeness (QED) is 0.885. The van der Waals surface area contributed by atoms with Gasteiger partial charge in [0.1, 0.15) is 18.5 Å². The Balaban J connectivity index is 1.66. The summed E-state index contributed by atoms with van der Waals surface area (Å²) in [5.74, 6) is 0. The Morgan fingerprint density at radius 1 is 1.35 bits per heavy atom. The third-order valence-electron chi connectivity index (χ3n) is 3.40. The highest BCUT2D eigenvalue weighted by Crippen LogP contribution is 2.26. The highest BCUT2D eigenvalue weighted by Gasteiger charge is 2.42. The Bertz CT molecular complexity index is 557. The van der Waals surface area contributed by atoms with E-state index in [-0.39, 0.29) is 18.2 Å². The van der Waals surface area contributed by atoms with E-state index in [0.717, 1.165) is 12.1 Å². The van der Waals surface area contributed by atoms with Gasteiger partial charge in [0.15, 0.2) is 0 Å². The van der Waals surface area contributed by atoms with Gasteiger partial charge in [0.2, 0.25) is 0 Å². The third kappa shape index (κ3) is 2.52. The summed E-state index contributed by atoms with van der Waals surface area (Å²) in [6, 6.07) is 10.2. The topological polar surface area (TPSA) is 75.2 Å². The second kappa shape index (κ2) is 5.60. The van der Waals surface area contributed by atoms with Gasteiger partial charge in [-0.15, -0.1) is 5.10 Å². The SMILES string of the molecule is CCOC1C(N)CC1Oc1ncn(-c2ccccc2)n1. The van der Waals surface area contributed by atoms with Gasteiger partial charge in [0, 0.05) is 19.1 Å². The first-order valence-electron chi connectivity index (χ1n) is 6.79. The number of rotatable bonds is 5. The molecular formula is C14H18N4O2. The van der Waals surface area contributed by atoms with Crippen molar-refractivity contribution in [2.45, 2.75) is 31.6 Å². The summed E-state index contributed by atoms with van der Waals surface area (Å²) >= 11 is 0. The zero-order chi connectivity index (χ0) is 13.9. The molecule has 6 nitrogen and oxygen atoms in total. The van der Waals surface area contributed by atoms with Crippen LogP contribution in [0.4, 0.5) is 0 Å².